The van der Waals surface area contributed by atoms with Crippen LogP contribution in [-0.4, -0.2) is 35.6 Å². The van der Waals surface area contributed by atoms with Crippen molar-refractivity contribution < 1.29 is 14.2 Å². The van der Waals surface area contributed by atoms with Crippen LogP contribution in [0, 0.1) is 5.41 Å². The van der Waals surface area contributed by atoms with Crippen molar-refractivity contribution in [3.63, 3.8) is 0 Å². The Morgan fingerprint density at radius 3 is 2.39 bits per heavy atom. The molecular formula is C15H24O3. The van der Waals surface area contributed by atoms with E-state index in [1.807, 2.05) is 0 Å². The van der Waals surface area contributed by atoms with Crippen LogP contribution < -0.4 is 0 Å². The maximum atomic E-state index is 5.97. The Morgan fingerprint density at radius 2 is 1.61 bits per heavy atom. The van der Waals surface area contributed by atoms with Crippen molar-refractivity contribution in [2.75, 3.05) is 0 Å². The second-order valence-corrected chi connectivity index (χ2v) is 7.87. The van der Waals surface area contributed by atoms with Crippen LogP contribution in [-0.2, 0) is 14.2 Å². The molecule has 0 spiro atoms. The van der Waals surface area contributed by atoms with Gasteiger partial charge in [-0.15, -0.1) is 0 Å². The molecule has 0 aromatic heterocycles. The van der Waals surface area contributed by atoms with E-state index in [-0.39, 0.29) is 16.6 Å². The first kappa shape index (κ1) is 11.7. The lowest BCUT2D eigenvalue weighted by Gasteiger charge is -2.22. The Morgan fingerprint density at radius 1 is 0.889 bits per heavy atom. The molecule has 3 aliphatic heterocycles. The molecule has 6 atom stereocenters. The number of ether oxygens (including phenoxy) is 3. The van der Waals surface area contributed by atoms with Crippen molar-refractivity contribution in [3.05, 3.63) is 0 Å². The fourth-order valence-corrected chi connectivity index (χ4v) is 4.00. The van der Waals surface area contributed by atoms with Crippen LogP contribution in [0.15, 0.2) is 0 Å². The average molecular weight is 252 g/mol. The van der Waals surface area contributed by atoms with E-state index in [4.69, 9.17) is 14.2 Å². The summed E-state index contributed by atoms with van der Waals surface area (Å²) in [6.45, 7) is 9.15. The lowest BCUT2D eigenvalue weighted by atomic mass is 9.80. The molecule has 0 amide bonds. The van der Waals surface area contributed by atoms with Gasteiger partial charge in [0, 0.05) is 6.42 Å². The zero-order chi connectivity index (χ0) is 12.8. The summed E-state index contributed by atoms with van der Waals surface area (Å²) in [5.41, 5.74) is 0.428. The zero-order valence-electron chi connectivity index (χ0n) is 11.9. The van der Waals surface area contributed by atoms with Crippen molar-refractivity contribution in [1.82, 2.24) is 0 Å². The topological polar surface area (TPSA) is 37.6 Å². The molecule has 0 aromatic rings. The standard InChI is InChI=1S/C15H24O3/c1-13(2)8-11-14(3,18-11)6-5-10-15(4,17-10)7-9-12(13)16-9/h9-12H,5-8H2,1-4H3/t9-,10+,11-,12+,14-,15+/m1/s1. The van der Waals surface area contributed by atoms with E-state index < -0.39 is 0 Å². The fourth-order valence-electron chi connectivity index (χ4n) is 4.00. The minimum Gasteiger partial charge on any atom is -0.369 e. The maximum absolute atomic E-state index is 5.97. The summed E-state index contributed by atoms with van der Waals surface area (Å²) in [7, 11) is 0. The van der Waals surface area contributed by atoms with Gasteiger partial charge in [0.15, 0.2) is 0 Å². The molecule has 3 heteroatoms. The summed E-state index contributed by atoms with van der Waals surface area (Å²) in [5, 5.41) is 0. The molecule has 0 bridgehead atoms. The molecule has 18 heavy (non-hydrogen) atoms. The summed E-state index contributed by atoms with van der Waals surface area (Å²) in [6.07, 6.45) is 6.18. The van der Waals surface area contributed by atoms with Gasteiger partial charge < -0.3 is 14.2 Å². The van der Waals surface area contributed by atoms with Crippen molar-refractivity contribution in [1.29, 1.82) is 0 Å². The maximum Gasteiger partial charge on any atom is 0.0946 e. The van der Waals surface area contributed by atoms with Gasteiger partial charge in [0.1, 0.15) is 0 Å². The van der Waals surface area contributed by atoms with Gasteiger partial charge in [0.25, 0.3) is 0 Å². The molecule has 0 aromatic carbocycles. The summed E-state index contributed by atoms with van der Waals surface area (Å²) < 4.78 is 17.8. The van der Waals surface area contributed by atoms with Gasteiger partial charge in [-0.1, -0.05) is 13.8 Å². The molecule has 102 valence electrons. The molecule has 1 aliphatic carbocycles. The van der Waals surface area contributed by atoms with E-state index in [0.29, 0.717) is 24.4 Å². The highest BCUT2D eigenvalue weighted by molar-refractivity contribution is 5.12. The van der Waals surface area contributed by atoms with Crippen molar-refractivity contribution in [2.45, 2.75) is 89.0 Å². The Hall–Kier alpha value is -0.120. The number of rotatable bonds is 0. The normalized spacial score (nSPS) is 60.7. The van der Waals surface area contributed by atoms with E-state index in [1.54, 1.807) is 0 Å². The third-order valence-electron chi connectivity index (χ3n) is 5.64. The summed E-state index contributed by atoms with van der Waals surface area (Å²) in [4.78, 5) is 0. The summed E-state index contributed by atoms with van der Waals surface area (Å²) in [6, 6.07) is 0. The van der Waals surface area contributed by atoms with Gasteiger partial charge in [-0.3, -0.25) is 0 Å². The van der Waals surface area contributed by atoms with E-state index in [2.05, 4.69) is 27.7 Å². The number of fused-ring (bicyclic) bond motifs is 3. The summed E-state index contributed by atoms with van der Waals surface area (Å²) in [5.74, 6) is 0. The minimum absolute atomic E-state index is 0.0839. The first-order valence-electron chi connectivity index (χ1n) is 7.34. The molecule has 3 heterocycles. The molecule has 3 saturated heterocycles. The van der Waals surface area contributed by atoms with Crippen LogP contribution in [0.1, 0.15) is 53.4 Å². The van der Waals surface area contributed by atoms with Gasteiger partial charge in [-0.25, -0.2) is 0 Å². The van der Waals surface area contributed by atoms with Crippen molar-refractivity contribution >= 4 is 0 Å². The van der Waals surface area contributed by atoms with E-state index in [0.717, 1.165) is 25.7 Å². The van der Waals surface area contributed by atoms with E-state index in [9.17, 15) is 0 Å². The third kappa shape index (κ3) is 1.67. The van der Waals surface area contributed by atoms with Gasteiger partial charge in [0.2, 0.25) is 0 Å². The lowest BCUT2D eigenvalue weighted by Crippen LogP contribution is -2.26. The molecule has 4 fully saturated rings. The van der Waals surface area contributed by atoms with E-state index in [1.165, 1.54) is 0 Å². The van der Waals surface area contributed by atoms with Gasteiger partial charge >= 0.3 is 0 Å². The van der Waals surface area contributed by atoms with Gasteiger partial charge in [-0.05, 0) is 38.5 Å². The molecule has 4 rings (SSSR count). The average Bonchev–Trinajstić information content (AvgIpc) is 3.14. The Labute approximate surface area is 109 Å². The number of hydrogen-bond donors (Lipinski definition) is 0. The van der Waals surface area contributed by atoms with Gasteiger partial charge in [0.05, 0.1) is 35.6 Å². The van der Waals surface area contributed by atoms with Crippen LogP contribution >= 0.6 is 0 Å². The number of hydrogen-bond acceptors (Lipinski definition) is 3. The molecular weight excluding hydrogens is 228 g/mol. The van der Waals surface area contributed by atoms with Crippen molar-refractivity contribution in [2.24, 2.45) is 5.41 Å². The summed E-state index contributed by atoms with van der Waals surface area (Å²) >= 11 is 0. The molecule has 4 aliphatic rings. The monoisotopic (exact) mass is 252 g/mol. The highest BCUT2D eigenvalue weighted by Gasteiger charge is 2.64. The lowest BCUT2D eigenvalue weighted by molar-refractivity contribution is 0.200. The minimum atomic E-state index is 0.0839. The van der Waals surface area contributed by atoms with Crippen LogP contribution in [0.5, 0.6) is 0 Å². The predicted octanol–water partition coefficient (Wildman–Crippen LogP) is 2.67. The molecule has 0 N–H and O–H groups in total. The first-order valence-corrected chi connectivity index (χ1v) is 7.34. The highest BCUT2D eigenvalue weighted by atomic mass is 16.6. The zero-order valence-corrected chi connectivity index (χ0v) is 11.9. The number of epoxide rings is 3. The van der Waals surface area contributed by atoms with Gasteiger partial charge in [-0.2, -0.15) is 0 Å². The highest BCUT2D eigenvalue weighted by Crippen LogP contribution is 2.56. The Kier molecular flexibility index (Phi) is 2.03. The van der Waals surface area contributed by atoms with Crippen LogP contribution in [0.2, 0.25) is 0 Å². The first-order chi connectivity index (χ1) is 8.32. The Balaban J connectivity index is 1.56. The second kappa shape index (κ2) is 3.13. The molecule has 1 saturated carbocycles. The second-order valence-electron chi connectivity index (χ2n) is 7.87. The van der Waals surface area contributed by atoms with Crippen LogP contribution in [0.3, 0.4) is 0 Å². The Bertz CT molecular complexity index is 393. The van der Waals surface area contributed by atoms with E-state index >= 15 is 0 Å². The SMILES string of the molecule is CC1(C)C[C@H]2O[C@]2(C)CC[C@@H]2O[C@@]2(C)C[C@H]2O[C@@H]21. The molecule has 0 unspecified atom stereocenters. The quantitative estimate of drug-likeness (QED) is 0.622. The molecule has 0 radical (unpaired) electrons. The fraction of sp³-hybridized carbons (Fsp3) is 1.00. The molecule has 3 nitrogen and oxygen atoms in total. The smallest absolute Gasteiger partial charge is 0.0946 e. The predicted molar refractivity (Wildman–Crippen MR) is 67.5 cm³/mol. The largest absolute Gasteiger partial charge is 0.369 e. The third-order valence-corrected chi connectivity index (χ3v) is 5.64. The van der Waals surface area contributed by atoms with Crippen molar-refractivity contribution in [3.8, 4) is 0 Å². The van der Waals surface area contributed by atoms with Crippen LogP contribution in [0.25, 0.3) is 0 Å². The van der Waals surface area contributed by atoms with Crippen LogP contribution in [0.4, 0.5) is 0 Å².